The Kier molecular flexibility index (Phi) is 11.4. The van der Waals surface area contributed by atoms with E-state index in [0.717, 1.165) is 32.1 Å². The van der Waals surface area contributed by atoms with Crippen molar-refractivity contribution in [2.24, 2.45) is 10.9 Å². The second kappa shape index (κ2) is 12.9. The number of hydrogen-bond acceptors (Lipinski definition) is 3. The van der Waals surface area contributed by atoms with Gasteiger partial charge in [-0.05, 0) is 42.9 Å². The molecule has 0 atom stereocenters. The van der Waals surface area contributed by atoms with Crippen LogP contribution in [0.15, 0.2) is 29.3 Å². The summed E-state index contributed by atoms with van der Waals surface area (Å²) in [4.78, 5) is 22.6. The molecule has 0 spiro atoms. The molecule has 1 fully saturated rings. The number of anilines is 1. The standard InChI is InChI=1S/C22H37N5O.HI/c1-18(2)15-23-22(24-16-21(28)25(3)4)26(5)17-19-9-11-20(12-10-19)27-13-7-6-8-14-27;/h9-12,18H,6-8,13-17H2,1-5H3,(H,23,24);1H. The Balaban J connectivity index is 0.00000420. The SMILES string of the molecule is CC(C)CNC(=NCC(=O)N(C)C)N(C)Cc1ccc(N2CCCCC2)cc1.I. The molecule has 1 N–H and O–H groups in total. The quantitative estimate of drug-likeness (QED) is 0.344. The fraction of sp³-hybridized carbons (Fsp3) is 0.636. The smallest absolute Gasteiger partial charge is 0.243 e. The van der Waals surface area contributed by atoms with Gasteiger partial charge in [-0.1, -0.05) is 26.0 Å². The number of amides is 1. The minimum absolute atomic E-state index is 0. The van der Waals surface area contributed by atoms with Crippen molar-refractivity contribution in [3.8, 4) is 0 Å². The van der Waals surface area contributed by atoms with Crippen LogP contribution in [0.1, 0.15) is 38.7 Å². The van der Waals surface area contributed by atoms with Crippen LogP contribution in [0, 0.1) is 5.92 Å². The molecule has 1 saturated heterocycles. The van der Waals surface area contributed by atoms with E-state index in [4.69, 9.17) is 0 Å². The van der Waals surface area contributed by atoms with Crippen molar-refractivity contribution in [1.82, 2.24) is 15.1 Å². The Morgan fingerprint density at radius 2 is 1.72 bits per heavy atom. The van der Waals surface area contributed by atoms with Gasteiger partial charge in [0, 0.05) is 53.0 Å². The van der Waals surface area contributed by atoms with E-state index in [1.165, 1.54) is 30.5 Å². The van der Waals surface area contributed by atoms with Gasteiger partial charge in [-0.2, -0.15) is 0 Å². The molecule has 0 bridgehead atoms. The molecule has 1 heterocycles. The van der Waals surface area contributed by atoms with E-state index in [0.29, 0.717) is 5.92 Å². The van der Waals surface area contributed by atoms with Gasteiger partial charge in [-0.15, -0.1) is 24.0 Å². The van der Waals surface area contributed by atoms with Crippen LogP contribution >= 0.6 is 24.0 Å². The number of nitrogens with zero attached hydrogens (tertiary/aromatic N) is 4. The summed E-state index contributed by atoms with van der Waals surface area (Å²) in [6.07, 6.45) is 3.93. The molecule has 0 radical (unpaired) electrons. The molecule has 1 aliphatic heterocycles. The summed E-state index contributed by atoms with van der Waals surface area (Å²) in [6.45, 7) is 8.38. The zero-order chi connectivity index (χ0) is 20.5. The lowest BCUT2D eigenvalue weighted by atomic mass is 10.1. The zero-order valence-electron chi connectivity index (χ0n) is 18.6. The molecule has 164 valence electrons. The van der Waals surface area contributed by atoms with Crippen LogP contribution in [0.25, 0.3) is 0 Å². The average molecular weight is 515 g/mol. The monoisotopic (exact) mass is 515 g/mol. The van der Waals surface area contributed by atoms with Crippen molar-refractivity contribution in [2.75, 3.05) is 52.2 Å². The Bertz CT molecular complexity index is 639. The summed E-state index contributed by atoms with van der Waals surface area (Å²) >= 11 is 0. The van der Waals surface area contributed by atoms with Crippen molar-refractivity contribution in [1.29, 1.82) is 0 Å². The Morgan fingerprint density at radius 1 is 1.10 bits per heavy atom. The van der Waals surface area contributed by atoms with Crippen LogP contribution in [-0.4, -0.2) is 69.0 Å². The number of guanidine groups is 1. The van der Waals surface area contributed by atoms with Crippen LogP contribution in [0.2, 0.25) is 0 Å². The highest BCUT2D eigenvalue weighted by Gasteiger charge is 2.12. The summed E-state index contributed by atoms with van der Waals surface area (Å²) in [6, 6.07) is 8.85. The maximum absolute atomic E-state index is 11.9. The number of hydrogen-bond donors (Lipinski definition) is 1. The third-order valence-electron chi connectivity index (χ3n) is 4.97. The number of halogens is 1. The molecule has 0 saturated carbocycles. The topological polar surface area (TPSA) is 51.2 Å². The molecule has 1 aromatic rings. The van der Waals surface area contributed by atoms with E-state index in [9.17, 15) is 4.79 Å². The highest BCUT2D eigenvalue weighted by Crippen LogP contribution is 2.20. The van der Waals surface area contributed by atoms with Crippen LogP contribution in [0.3, 0.4) is 0 Å². The number of likely N-dealkylation sites (N-methyl/N-ethyl adjacent to an activating group) is 1. The van der Waals surface area contributed by atoms with E-state index < -0.39 is 0 Å². The van der Waals surface area contributed by atoms with Gasteiger partial charge >= 0.3 is 0 Å². The number of piperidine rings is 1. The lowest BCUT2D eigenvalue weighted by Crippen LogP contribution is -2.41. The third kappa shape index (κ3) is 8.80. The molecule has 0 aliphatic carbocycles. The van der Waals surface area contributed by atoms with Crippen molar-refractivity contribution in [3.63, 3.8) is 0 Å². The number of rotatable bonds is 7. The zero-order valence-corrected chi connectivity index (χ0v) is 21.0. The second-order valence-corrected chi connectivity index (χ2v) is 8.27. The highest BCUT2D eigenvalue weighted by molar-refractivity contribution is 14.0. The largest absolute Gasteiger partial charge is 0.372 e. The molecule has 0 unspecified atom stereocenters. The normalized spacial score (nSPS) is 14.4. The molecule has 1 aromatic carbocycles. The Hall–Kier alpha value is -1.51. The lowest BCUT2D eigenvalue weighted by molar-refractivity contribution is -0.127. The van der Waals surface area contributed by atoms with Gasteiger partial charge in [-0.3, -0.25) is 4.79 Å². The first-order valence-electron chi connectivity index (χ1n) is 10.4. The van der Waals surface area contributed by atoms with E-state index in [2.05, 4.69) is 58.2 Å². The fourth-order valence-corrected chi connectivity index (χ4v) is 3.20. The molecule has 0 aromatic heterocycles. The third-order valence-corrected chi connectivity index (χ3v) is 4.97. The van der Waals surface area contributed by atoms with Gasteiger partial charge in [0.15, 0.2) is 5.96 Å². The first kappa shape index (κ1) is 25.5. The van der Waals surface area contributed by atoms with Crippen LogP contribution in [-0.2, 0) is 11.3 Å². The summed E-state index contributed by atoms with van der Waals surface area (Å²) in [5, 5.41) is 3.39. The van der Waals surface area contributed by atoms with Gasteiger partial charge in [0.05, 0.1) is 0 Å². The molecule has 6 nitrogen and oxygen atoms in total. The van der Waals surface area contributed by atoms with E-state index in [1.807, 2.05) is 7.05 Å². The predicted molar refractivity (Wildman–Crippen MR) is 133 cm³/mol. The van der Waals surface area contributed by atoms with Gasteiger partial charge in [0.2, 0.25) is 5.91 Å². The number of aliphatic imine (C=N–C) groups is 1. The fourth-order valence-electron chi connectivity index (χ4n) is 3.20. The van der Waals surface area contributed by atoms with E-state index in [-0.39, 0.29) is 36.4 Å². The minimum atomic E-state index is 0. The van der Waals surface area contributed by atoms with Crippen molar-refractivity contribution in [3.05, 3.63) is 29.8 Å². The number of nitrogens with one attached hydrogen (secondary N) is 1. The van der Waals surface area contributed by atoms with Crippen molar-refractivity contribution < 1.29 is 4.79 Å². The lowest BCUT2D eigenvalue weighted by Gasteiger charge is -2.29. The first-order valence-corrected chi connectivity index (χ1v) is 10.4. The van der Waals surface area contributed by atoms with Crippen LogP contribution < -0.4 is 10.2 Å². The van der Waals surface area contributed by atoms with Gasteiger partial charge in [0.1, 0.15) is 6.54 Å². The molecule has 1 aliphatic rings. The Morgan fingerprint density at radius 3 is 2.28 bits per heavy atom. The maximum atomic E-state index is 11.9. The van der Waals surface area contributed by atoms with E-state index in [1.54, 1.807) is 19.0 Å². The summed E-state index contributed by atoms with van der Waals surface area (Å²) < 4.78 is 0. The van der Waals surface area contributed by atoms with Crippen LogP contribution in [0.4, 0.5) is 5.69 Å². The van der Waals surface area contributed by atoms with Crippen molar-refractivity contribution in [2.45, 2.75) is 39.7 Å². The van der Waals surface area contributed by atoms with Gasteiger partial charge in [0.25, 0.3) is 0 Å². The summed E-state index contributed by atoms with van der Waals surface area (Å²) in [5.41, 5.74) is 2.55. The summed E-state index contributed by atoms with van der Waals surface area (Å²) in [5.74, 6) is 1.28. The highest BCUT2D eigenvalue weighted by atomic mass is 127. The molecule has 1 amide bonds. The molecular weight excluding hydrogens is 477 g/mol. The number of benzene rings is 1. The van der Waals surface area contributed by atoms with Crippen LogP contribution in [0.5, 0.6) is 0 Å². The average Bonchev–Trinajstić information content (AvgIpc) is 2.68. The van der Waals surface area contributed by atoms with Gasteiger partial charge in [-0.25, -0.2) is 4.99 Å². The molecule has 2 rings (SSSR count). The predicted octanol–water partition coefficient (Wildman–Crippen LogP) is 3.42. The van der Waals surface area contributed by atoms with Gasteiger partial charge < -0.3 is 20.0 Å². The molecule has 29 heavy (non-hydrogen) atoms. The first-order chi connectivity index (χ1) is 13.4. The minimum Gasteiger partial charge on any atom is -0.372 e. The van der Waals surface area contributed by atoms with E-state index >= 15 is 0 Å². The number of carbonyl (C=O) groups excluding carboxylic acids is 1. The maximum Gasteiger partial charge on any atom is 0.243 e. The number of carbonyl (C=O) groups is 1. The van der Waals surface area contributed by atoms with Crippen molar-refractivity contribution >= 4 is 41.5 Å². The molecule has 7 heteroatoms. The molecular formula is C22H38IN5O. The second-order valence-electron chi connectivity index (χ2n) is 8.27. The summed E-state index contributed by atoms with van der Waals surface area (Å²) in [7, 11) is 5.53. The Labute approximate surface area is 193 Å².